The number of nitrogens with two attached hydrogens (primary N) is 1. The van der Waals surface area contributed by atoms with Gasteiger partial charge >= 0.3 is 53.2 Å². The van der Waals surface area contributed by atoms with Gasteiger partial charge in [0, 0.05) is 77.0 Å². The minimum atomic E-state index is -5.03. The summed E-state index contributed by atoms with van der Waals surface area (Å²) in [5, 5.41) is 37.0. The Balaban J connectivity index is 0.000000170. The van der Waals surface area contributed by atoms with Crippen LogP contribution in [0.1, 0.15) is 36.8 Å². The summed E-state index contributed by atoms with van der Waals surface area (Å²) in [4.78, 5) is 39.2. The monoisotopic (exact) mass is 1110 g/mol. The normalized spacial score (nSPS) is 18.4. The van der Waals surface area contributed by atoms with E-state index in [-0.39, 0.29) is 54.0 Å². The number of carbonyl (C=O) groups excluding carboxylic acids is 1. The van der Waals surface area contributed by atoms with E-state index < -0.39 is 29.3 Å². The van der Waals surface area contributed by atoms with Crippen LogP contribution in [0.25, 0.3) is 95.5 Å². The molecular weight excluding hydrogens is 1060 g/mol. The number of hydrogen-bond acceptors (Lipinski definition) is 14. The molecule has 4 aromatic carbocycles. The Labute approximate surface area is 486 Å². The van der Waals surface area contributed by atoms with Crippen LogP contribution >= 0.6 is 0 Å². The van der Waals surface area contributed by atoms with Crippen molar-refractivity contribution in [1.82, 2.24) is 59.6 Å². The van der Waals surface area contributed by atoms with Gasteiger partial charge in [-0.15, -0.1) is 10.2 Å². The number of halogens is 3. The molecule has 82 heavy (non-hydrogen) atoms. The number of pyridine rings is 4. The molecule has 6 N–H and O–H groups in total. The number of fused-ring (bicyclic) bond motifs is 6. The van der Waals surface area contributed by atoms with Crippen LogP contribution in [0.4, 0.5) is 13.2 Å². The van der Waals surface area contributed by atoms with Crippen molar-refractivity contribution in [2.24, 2.45) is 5.73 Å². The maximum Gasteiger partial charge on any atom is 1.00 e. The maximum atomic E-state index is 13.1. The summed E-state index contributed by atoms with van der Waals surface area (Å²) in [6, 6.07) is 46.6. The van der Waals surface area contributed by atoms with Crippen molar-refractivity contribution in [1.29, 1.82) is 0 Å². The van der Waals surface area contributed by atoms with Gasteiger partial charge in [0.15, 0.2) is 11.5 Å². The minimum Gasteiger partial charge on any atom is -0.870 e. The second-order valence-electron chi connectivity index (χ2n) is 20.1. The Bertz CT molecular complexity index is 4280. The van der Waals surface area contributed by atoms with Gasteiger partial charge in [0.1, 0.15) is 0 Å². The Morgan fingerprint density at radius 2 is 1.18 bits per heavy atom. The van der Waals surface area contributed by atoms with Crippen molar-refractivity contribution < 1.29 is 67.6 Å². The van der Waals surface area contributed by atoms with Crippen LogP contribution < -0.4 is 45.0 Å². The first-order chi connectivity index (χ1) is 38.8. The minimum absolute atomic E-state index is 0. The van der Waals surface area contributed by atoms with Crippen LogP contribution in [0.5, 0.6) is 0 Å². The largest absolute Gasteiger partial charge is 1.00 e. The quantitative estimate of drug-likeness (QED) is 0.103. The van der Waals surface area contributed by atoms with Crippen LogP contribution in [0.2, 0.25) is 0 Å². The molecule has 8 heterocycles. The van der Waals surface area contributed by atoms with Crippen molar-refractivity contribution in [3.63, 3.8) is 0 Å². The van der Waals surface area contributed by atoms with Gasteiger partial charge in [-0.3, -0.25) is 9.20 Å². The van der Waals surface area contributed by atoms with Crippen molar-refractivity contribution in [2.75, 3.05) is 0 Å². The summed E-state index contributed by atoms with van der Waals surface area (Å²) in [6.45, 7) is 0. The van der Waals surface area contributed by atoms with E-state index in [2.05, 4.69) is 77.9 Å². The van der Waals surface area contributed by atoms with E-state index in [1.54, 1.807) is 72.1 Å². The zero-order valence-electron chi connectivity index (χ0n) is 43.7. The molecule has 12 aromatic rings. The van der Waals surface area contributed by atoms with E-state index in [0.717, 1.165) is 66.6 Å². The van der Waals surface area contributed by atoms with Crippen LogP contribution in [0.15, 0.2) is 189 Å². The number of rotatable bonds is 9. The van der Waals surface area contributed by atoms with Gasteiger partial charge in [0.2, 0.25) is 12.2 Å². The molecule has 0 unspecified atom stereocenters. The summed E-state index contributed by atoms with van der Waals surface area (Å²) in [6.07, 6.45) is 7.29. The molecule has 0 radical (unpaired) electrons. The third-order valence-corrected chi connectivity index (χ3v) is 14.9. The molecule has 2 aliphatic carbocycles. The van der Waals surface area contributed by atoms with Gasteiger partial charge in [0.05, 0.1) is 56.8 Å². The van der Waals surface area contributed by atoms with E-state index in [4.69, 9.17) is 20.8 Å². The molecule has 22 heteroatoms. The second-order valence-corrected chi connectivity index (χ2v) is 20.1. The predicted molar refractivity (Wildman–Crippen MR) is 293 cm³/mol. The average molecular weight is 1110 g/mol. The van der Waals surface area contributed by atoms with E-state index in [1.807, 2.05) is 88.1 Å². The molecule has 0 atom stereocenters. The number of aliphatic hydroxyl groups is 2. The molecule has 14 rings (SSSR count). The molecular formula is C60H47F3N14NaO4+. The maximum absolute atomic E-state index is 13.1. The first-order valence-electron chi connectivity index (χ1n) is 25.6. The van der Waals surface area contributed by atoms with Crippen molar-refractivity contribution in [2.45, 2.75) is 55.1 Å². The Morgan fingerprint density at radius 3 is 1.74 bits per heavy atom. The number of aromatic nitrogens is 12. The van der Waals surface area contributed by atoms with Gasteiger partial charge < -0.3 is 26.7 Å². The molecule has 402 valence electrons. The van der Waals surface area contributed by atoms with Crippen molar-refractivity contribution in [3.8, 4) is 62.4 Å². The third kappa shape index (κ3) is 10.2. The fraction of sp³-hybridized carbons (Fsp3) is 0.150. The average Bonchev–Trinajstić information content (AvgIpc) is 4.19. The number of carbonyl (C=O) groups is 1. The van der Waals surface area contributed by atoms with Crippen LogP contribution in [-0.2, 0) is 15.9 Å². The topological polar surface area (TPSA) is 255 Å². The second kappa shape index (κ2) is 21.9. The smallest absolute Gasteiger partial charge is 0.870 e. The molecule has 18 nitrogen and oxygen atoms in total. The summed E-state index contributed by atoms with van der Waals surface area (Å²) < 4.78 is 44.6. The molecule has 0 bridgehead atoms. The molecule has 1 amide bonds. The number of aliphatic hydroxyl groups excluding tert-OH is 2. The molecule has 2 saturated carbocycles. The van der Waals surface area contributed by atoms with Crippen LogP contribution in [0, 0.1) is 0 Å². The summed E-state index contributed by atoms with van der Waals surface area (Å²) in [7, 11) is 0. The summed E-state index contributed by atoms with van der Waals surface area (Å²) in [5.41, 5.74) is 16.2. The van der Waals surface area contributed by atoms with E-state index in [9.17, 15) is 28.2 Å². The predicted octanol–water partition coefficient (Wildman–Crippen LogP) is 5.52. The van der Waals surface area contributed by atoms with Gasteiger partial charge in [0.25, 0.3) is 0 Å². The molecule has 0 aliphatic heterocycles. The number of amides is 1. The number of hydrogen-bond donors (Lipinski definition) is 4. The number of alkyl halides is 3. The standard InChI is InChI=1S/C31H22F3N7O2.C29H24N7O.Na.H2O/c32-31(33,34)29(43)38-30(16-21(42)17-30)20-9-7-19(8-10-20)25-22(18-5-2-1-3-6-18)15-23-24(37-25)11-14-41-27(23)39-40-28(41)26-35-12-4-13-36-26;30-29(16-22(37)17-29)21-9-7-20(8-10-21)26-23(19-5-2-1-3-6-19)15-24-25(33-26)11-14-35-18-36(34-27(24)35)28-31-12-4-13-32-28;;/h1-15,21,42H,16-17H2,(H,38,43);1-15,18,22,37H,16-17,30H2;;1H2/q;2*+1;/p-1. The third-order valence-electron chi connectivity index (χ3n) is 14.9. The first-order valence-corrected chi connectivity index (χ1v) is 25.6. The molecule has 2 aliphatic rings. The fourth-order valence-corrected chi connectivity index (χ4v) is 10.8. The van der Waals surface area contributed by atoms with Crippen molar-refractivity contribution >= 4 is 39.0 Å². The molecule has 0 spiro atoms. The SMILES string of the molecule is NC1(c2ccc(-c3nc4cc[n+]5cn(-c6ncccn6)nc5c4cc3-c3ccccc3)cc2)CC(O)C1.O=C(NC1(c2ccc(-c3nc4ccn5c(-c6ncccn6)nnc5c4cc3-c3ccccc3)cc2)CC(O)C1)C(F)(F)F.[Na+].[OH-]. The zero-order valence-corrected chi connectivity index (χ0v) is 45.7. The van der Waals surface area contributed by atoms with E-state index in [0.29, 0.717) is 52.9 Å². The first kappa shape index (κ1) is 55.1. The molecule has 0 saturated heterocycles. The summed E-state index contributed by atoms with van der Waals surface area (Å²) in [5.74, 6) is -0.603. The van der Waals surface area contributed by atoms with Crippen LogP contribution in [0.3, 0.4) is 0 Å². The van der Waals surface area contributed by atoms with E-state index in [1.165, 1.54) is 0 Å². The van der Waals surface area contributed by atoms with Crippen LogP contribution in [-0.4, -0.2) is 94.3 Å². The van der Waals surface area contributed by atoms with Gasteiger partial charge in [-0.25, -0.2) is 34.3 Å². The number of nitrogens with one attached hydrogen (secondary N) is 1. The van der Waals surface area contributed by atoms with Gasteiger partial charge in [-0.05, 0) is 76.2 Å². The Morgan fingerprint density at radius 1 is 0.646 bits per heavy atom. The van der Waals surface area contributed by atoms with Gasteiger partial charge in [-0.1, -0.05) is 109 Å². The number of benzene rings is 4. The Hall–Kier alpha value is -8.80. The Kier molecular flexibility index (Phi) is 14.7. The fourth-order valence-electron chi connectivity index (χ4n) is 10.8. The van der Waals surface area contributed by atoms with Gasteiger partial charge in [-0.2, -0.15) is 13.2 Å². The summed E-state index contributed by atoms with van der Waals surface area (Å²) >= 11 is 0. The van der Waals surface area contributed by atoms with E-state index >= 15 is 0 Å². The molecule has 8 aromatic heterocycles. The molecule has 2 fully saturated rings. The zero-order chi connectivity index (χ0) is 54.8. The number of nitrogens with zero attached hydrogens (tertiary/aromatic N) is 12. The van der Waals surface area contributed by atoms with Crippen molar-refractivity contribution in [3.05, 3.63) is 200 Å².